The van der Waals surface area contributed by atoms with Gasteiger partial charge in [0.05, 0.1) is 18.1 Å². The first-order valence-electron chi connectivity index (χ1n) is 8.10. The van der Waals surface area contributed by atoms with Gasteiger partial charge in [0.1, 0.15) is 5.69 Å². The minimum Gasteiger partial charge on any atom is -0.466 e. The van der Waals surface area contributed by atoms with Gasteiger partial charge in [-0.05, 0) is 24.6 Å². The summed E-state index contributed by atoms with van der Waals surface area (Å²) in [4.78, 5) is 26.3. The van der Waals surface area contributed by atoms with Crippen molar-refractivity contribution in [2.24, 2.45) is 0 Å². The number of nitro groups is 1. The molecule has 0 radical (unpaired) electrons. The quantitative estimate of drug-likeness (QED) is 0.358. The maximum absolute atomic E-state index is 11.4. The Morgan fingerprint density at radius 2 is 2.08 bits per heavy atom. The summed E-state index contributed by atoms with van der Waals surface area (Å²) in [5, 5.41) is 20.9. The Morgan fingerprint density at radius 1 is 1.40 bits per heavy atom. The van der Waals surface area contributed by atoms with Gasteiger partial charge in [0.15, 0.2) is 0 Å². The van der Waals surface area contributed by atoms with Crippen molar-refractivity contribution in [1.82, 2.24) is 4.90 Å². The topological polar surface area (TPSA) is 96.2 Å². The highest BCUT2D eigenvalue weighted by atomic mass is 16.6. The van der Waals surface area contributed by atoms with Crippen molar-refractivity contribution >= 4 is 23.4 Å². The van der Waals surface area contributed by atoms with Gasteiger partial charge < -0.3 is 14.7 Å². The molecule has 0 aliphatic carbocycles. The number of hydrogen-bond acceptors (Lipinski definition) is 7. The number of methoxy groups -OCH3 is 1. The lowest BCUT2D eigenvalue weighted by Crippen LogP contribution is -2.48. The van der Waals surface area contributed by atoms with E-state index in [1.165, 1.54) is 25.3 Å². The molecule has 1 atom stereocenters. The number of piperazine rings is 1. The average Bonchev–Trinajstić information content (AvgIpc) is 2.59. The first-order valence-corrected chi connectivity index (χ1v) is 8.10. The molecule has 0 aromatic heterocycles. The number of ether oxygens (including phenoxy) is 1. The molecule has 2 rings (SSSR count). The molecule has 1 N–H and O–H groups in total. The molecule has 0 bridgehead atoms. The van der Waals surface area contributed by atoms with E-state index in [9.17, 15) is 20.0 Å². The van der Waals surface area contributed by atoms with Gasteiger partial charge in [-0.1, -0.05) is 6.07 Å². The molecule has 1 aliphatic rings. The first kappa shape index (κ1) is 18.9. The molecule has 1 heterocycles. The zero-order valence-corrected chi connectivity index (χ0v) is 14.4. The molecule has 0 amide bonds. The van der Waals surface area contributed by atoms with Gasteiger partial charge in [-0.2, -0.15) is 0 Å². The van der Waals surface area contributed by atoms with E-state index < -0.39 is 10.9 Å². The second-order valence-corrected chi connectivity index (χ2v) is 6.00. The molecule has 1 unspecified atom stereocenters. The maximum Gasteiger partial charge on any atom is 0.330 e. The van der Waals surface area contributed by atoms with Crippen molar-refractivity contribution in [2.45, 2.75) is 13.0 Å². The minimum atomic E-state index is -0.513. The molecule has 8 heteroatoms. The van der Waals surface area contributed by atoms with Crippen LogP contribution in [0.4, 0.5) is 11.4 Å². The number of aliphatic hydroxyl groups is 1. The lowest BCUT2D eigenvalue weighted by Gasteiger charge is -2.36. The summed E-state index contributed by atoms with van der Waals surface area (Å²) >= 11 is 0. The van der Waals surface area contributed by atoms with Gasteiger partial charge in [0, 0.05) is 44.9 Å². The number of β-amino-alcohol motifs (C(OH)–C–C–N with tert-alkyl or cyclic N) is 1. The van der Waals surface area contributed by atoms with Crippen LogP contribution in [0.2, 0.25) is 0 Å². The summed E-state index contributed by atoms with van der Waals surface area (Å²) < 4.78 is 4.52. The van der Waals surface area contributed by atoms with Crippen LogP contribution in [0.3, 0.4) is 0 Å². The Labute approximate surface area is 146 Å². The summed E-state index contributed by atoms with van der Waals surface area (Å²) in [5.41, 5.74) is 1.14. The van der Waals surface area contributed by atoms with Gasteiger partial charge in [0.2, 0.25) is 0 Å². The van der Waals surface area contributed by atoms with E-state index in [1.807, 2.05) is 4.90 Å². The summed E-state index contributed by atoms with van der Waals surface area (Å²) in [6.07, 6.45) is 2.33. The van der Waals surface area contributed by atoms with Crippen molar-refractivity contribution in [1.29, 1.82) is 0 Å². The lowest BCUT2D eigenvalue weighted by atomic mass is 10.1. The number of rotatable bonds is 6. The molecule has 1 aromatic rings. The lowest BCUT2D eigenvalue weighted by molar-refractivity contribution is -0.384. The zero-order valence-electron chi connectivity index (χ0n) is 14.4. The first-order chi connectivity index (χ1) is 11.9. The molecule has 1 fully saturated rings. The third kappa shape index (κ3) is 5.27. The number of nitro benzene ring substituents is 1. The van der Waals surface area contributed by atoms with Crippen LogP contribution in [0.15, 0.2) is 24.3 Å². The van der Waals surface area contributed by atoms with Crippen LogP contribution in [0, 0.1) is 10.1 Å². The van der Waals surface area contributed by atoms with E-state index in [-0.39, 0.29) is 11.8 Å². The van der Waals surface area contributed by atoms with E-state index >= 15 is 0 Å². The highest BCUT2D eigenvalue weighted by molar-refractivity contribution is 5.87. The monoisotopic (exact) mass is 349 g/mol. The zero-order chi connectivity index (χ0) is 18.4. The van der Waals surface area contributed by atoms with Crippen LogP contribution in [-0.4, -0.2) is 66.8 Å². The standard InChI is InChI=1S/C17H23N3O5/c1-13(21)12-18-7-9-19(10-8-18)15-5-3-14(4-6-17(22)25-2)11-16(15)20(23)24/h3-6,11,13,21H,7-10,12H2,1-2H3/b6-4+. The maximum atomic E-state index is 11.4. The van der Waals surface area contributed by atoms with Crippen molar-refractivity contribution in [3.05, 3.63) is 40.0 Å². The number of hydrogen-bond donors (Lipinski definition) is 1. The minimum absolute atomic E-state index is 0.0102. The SMILES string of the molecule is COC(=O)/C=C/c1ccc(N2CCN(CC(C)O)CC2)c([N+](=O)[O-])c1. The normalized spacial score (nSPS) is 16.8. The smallest absolute Gasteiger partial charge is 0.330 e. The highest BCUT2D eigenvalue weighted by Crippen LogP contribution is 2.30. The molecular weight excluding hydrogens is 326 g/mol. The third-order valence-electron chi connectivity index (χ3n) is 4.04. The fourth-order valence-corrected chi connectivity index (χ4v) is 2.84. The van der Waals surface area contributed by atoms with Gasteiger partial charge >= 0.3 is 5.97 Å². The van der Waals surface area contributed by atoms with Crippen LogP contribution < -0.4 is 4.90 Å². The van der Waals surface area contributed by atoms with Gasteiger partial charge in [0.25, 0.3) is 5.69 Å². The molecule has 0 saturated carbocycles. The van der Waals surface area contributed by atoms with Crippen molar-refractivity contribution in [3.8, 4) is 0 Å². The fourth-order valence-electron chi connectivity index (χ4n) is 2.84. The number of nitrogens with zero attached hydrogens (tertiary/aromatic N) is 3. The molecule has 1 saturated heterocycles. The predicted octanol–water partition coefficient (Wildman–Crippen LogP) is 1.28. The Balaban J connectivity index is 2.14. The number of aliphatic hydroxyl groups excluding tert-OH is 1. The summed E-state index contributed by atoms with van der Waals surface area (Å²) in [5.74, 6) is -0.513. The summed E-state index contributed by atoms with van der Waals surface area (Å²) in [7, 11) is 1.27. The van der Waals surface area contributed by atoms with Crippen LogP contribution in [-0.2, 0) is 9.53 Å². The van der Waals surface area contributed by atoms with E-state index in [0.29, 0.717) is 30.9 Å². The van der Waals surface area contributed by atoms with Crippen molar-refractivity contribution in [3.63, 3.8) is 0 Å². The summed E-state index contributed by atoms with van der Waals surface area (Å²) in [6.45, 7) is 5.15. The molecule has 136 valence electrons. The molecule has 1 aliphatic heterocycles. The molecule has 8 nitrogen and oxygen atoms in total. The number of carbonyl (C=O) groups excluding carboxylic acids is 1. The van der Waals surface area contributed by atoms with Crippen molar-refractivity contribution < 1.29 is 19.6 Å². The second-order valence-electron chi connectivity index (χ2n) is 6.00. The van der Waals surface area contributed by atoms with Crippen LogP contribution in [0.5, 0.6) is 0 Å². The molecule has 0 spiro atoms. The van der Waals surface area contributed by atoms with Crippen LogP contribution in [0.25, 0.3) is 6.08 Å². The van der Waals surface area contributed by atoms with Gasteiger partial charge in [-0.25, -0.2) is 4.79 Å². The second kappa shape index (κ2) is 8.59. The van der Waals surface area contributed by atoms with Crippen LogP contribution in [0.1, 0.15) is 12.5 Å². The Bertz CT molecular complexity index is 652. The average molecular weight is 349 g/mol. The number of anilines is 1. The van der Waals surface area contributed by atoms with Gasteiger partial charge in [-0.3, -0.25) is 15.0 Å². The Hall–Kier alpha value is -2.45. The highest BCUT2D eigenvalue weighted by Gasteiger charge is 2.24. The fraction of sp³-hybridized carbons (Fsp3) is 0.471. The number of benzene rings is 1. The van der Waals surface area contributed by atoms with Crippen molar-refractivity contribution in [2.75, 3.05) is 44.7 Å². The third-order valence-corrected chi connectivity index (χ3v) is 4.04. The van der Waals surface area contributed by atoms with E-state index in [1.54, 1.807) is 19.1 Å². The molecule has 25 heavy (non-hydrogen) atoms. The largest absolute Gasteiger partial charge is 0.466 e. The van der Waals surface area contributed by atoms with E-state index in [2.05, 4.69) is 9.64 Å². The molecular formula is C17H23N3O5. The summed E-state index contributed by atoms with van der Waals surface area (Å²) in [6, 6.07) is 4.90. The molecule has 1 aromatic carbocycles. The van der Waals surface area contributed by atoms with Gasteiger partial charge in [-0.15, -0.1) is 0 Å². The predicted molar refractivity (Wildman–Crippen MR) is 94.5 cm³/mol. The van der Waals surface area contributed by atoms with E-state index in [4.69, 9.17) is 0 Å². The number of carbonyl (C=O) groups is 1. The van der Waals surface area contributed by atoms with Crippen LogP contribution >= 0.6 is 0 Å². The van der Waals surface area contributed by atoms with E-state index in [0.717, 1.165) is 13.1 Å². The number of esters is 1. The Kier molecular flexibility index (Phi) is 6.49. The Morgan fingerprint density at radius 3 is 2.64 bits per heavy atom.